The van der Waals surface area contributed by atoms with Gasteiger partial charge in [0.05, 0.1) is 18.1 Å². The zero-order valence-corrected chi connectivity index (χ0v) is 12.9. The van der Waals surface area contributed by atoms with Gasteiger partial charge in [0.25, 0.3) is 5.69 Å². The maximum absolute atomic E-state index is 11.5. The number of rotatable bonds is 4. The van der Waals surface area contributed by atoms with Crippen molar-refractivity contribution in [2.45, 2.75) is 25.8 Å². The van der Waals surface area contributed by atoms with Crippen LogP contribution in [0.3, 0.4) is 0 Å². The van der Waals surface area contributed by atoms with Crippen LogP contribution in [0.4, 0.5) is 11.4 Å². The molecule has 0 radical (unpaired) electrons. The second-order valence-electron chi connectivity index (χ2n) is 6.02. The molecule has 0 spiro atoms. The summed E-state index contributed by atoms with van der Waals surface area (Å²) in [6.45, 7) is 5.86. The summed E-state index contributed by atoms with van der Waals surface area (Å²) in [5.41, 5.74) is 2.03. The van der Waals surface area contributed by atoms with E-state index in [1.807, 2.05) is 12.1 Å². The fraction of sp³-hybridized carbons (Fsp3) is 0.625. The number of ether oxygens (including phenoxy) is 1. The Labute approximate surface area is 130 Å². The topological polar surface area (TPSA) is 58.9 Å². The molecule has 3 rings (SSSR count). The van der Waals surface area contributed by atoms with Crippen molar-refractivity contribution in [1.82, 2.24) is 4.90 Å². The van der Waals surface area contributed by atoms with Gasteiger partial charge in [0.1, 0.15) is 5.69 Å². The second-order valence-corrected chi connectivity index (χ2v) is 6.02. The van der Waals surface area contributed by atoms with E-state index in [9.17, 15) is 10.1 Å². The predicted octanol–water partition coefficient (Wildman–Crippen LogP) is 2.42. The van der Waals surface area contributed by atoms with Crippen LogP contribution in [0.25, 0.3) is 0 Å². The summed E-state index contributed by atoms with van der Waals surface area (Å²) in [5, 5.41) is 11.5. The van der Waals surface area contributed by atoms with Gasteiger partial charge in [-0.05, 0) is 30.9 Å². The van der Waals surface area contributed by atoms with E-state index >= 15 is 0 Å². The lowest BCUT2D eigenvalue weighted by molar-refractivity contribution is -0.384. The Morgan fingerprint density at radius 1 is 1.09 bits per heavy atom. The highest BCUT2D eigenvalue weighted by Crippen LogP contribution is 2.31. The molecule has 0 aliphatic carbocycles. The Hall–Kier alpha value is -1.66. The minimum atomic E-state index is -0.243. The average molecular weight is 305 g/mol. The quantitative estimate of drug-likeness (QED) is 0.631. The SMILES string of the molecule is O=[N+]([O-])c1cc(CN2CCOCC2)ccc1N1CCCCC1. The van der Waals surface area contributed by atoms with Crippen molar-refractivity contribution in [3.8, 4) is 0 Å². The lowest BCUT2D eigenvalue weighted by Crippen LogP contribution is -2.35. The number of nitro benzene ring substituents is 1. The van der Waals surface area contributed by atoms with Gasteiger partial charge in [-0.25, -0.2) is 0 Å². The summed E-state index contributed by atoms with van der Waals surface area (Å²) < 4.78 is 5.34. The summed E-state index contributed by atoms with van der Waals surface area (Å²) >= 11 is 0. The smallest absolute Gasteiger partial charge is 0.292 e. The summed E-state index contributed by atoms with van der Waals surface area (Å²) in [7, 11) is 0. The first-order valence-electron chi connectivity index (χ1n) is 8.06. The molecule has 6 heteroatoms. The molecular formula is C16H23N3O3. The monoisotopic (exact) mass is 305 g/mol. The van der Waals surface area contributed by atoms with Crippen LogP contribution >= 0.6 is 0 Å². The number of piperidine rings is 1. The molecule has 0 aromatic heterocycles. The van der Waals surface area contributed by atoms with Gasteiger partial charge in [-0.2, -0.15) is 0 Å². The normalized spacial score (nSPS) is 20.1. The van der Waals surface area contributed by atoms with E-state index < -0.39 is 0 Å². The third kappa shape index (κ3) is 3.56. The fourth-order valence-electron chi connectivity index (χ4n) is 3.23. The number of benzene rings is 1. The molecule has 0 saturated carbocycles. The molecular weight excluding hydrogens is 282 g/mol. The Kier molecular flexibility index (Phi) is 4.90. The molecule has 2 aliphatic rings. The first kappa shape index (κ1) is 15.2. The van der Waals surface area contributed by atoms with E-state index in [-0.39, 0.29) is 10.6 Å². The van der Waals surface area contributed by atoms with Gasteiger partial charge in [-0.3, -0.25) is 15.0 Å². The van der Waals surface area contributed by atoms with Crippen molar-refractivity contribution >= 4 is 11.4 Å². The van der Waals surface area contributed by atoms with Crippen LogP contribution < -0.4 is 4.90 Å². The maximum Gasteiger partial charge on any atom is 0.292 e. The van der Waals surface area contributed by atoms with Gasteiger partial charge < -0.3 is 9.64 Å². The molecule has 2 aliphatic heterocycles. The Morgan fingerprint density at radius 3 is 2.50 bits per heavy atom. The average Bonchev–Trinajstić information content (AvgIpc) is 2.56. The van der Waals surface area contributed by atoms with Crippen LogP contribution in [-0.4, -0.2) is 49.2 Å². The van der Waals surface area contributed by atoms with Gasteiger partial charge in [0, 0.05) is 38.8 Å². The highest BCUT2D eigenvalue weighted by molar-refractivity contribution is 5.64. The highest BCUT2D eigenvalue weighted by Gasteiger charge is 2.22. The zero-order chi connectivity index (χ0) is 15.4. The molecule has 6 nitrogen and oxygen atoms in total. The van der Waals surface area contributed by atoms with Gasteiger partial charge in [-0.1, -0.05) is 6.07 Å². The van der Waals surface area contributed by atoms with Crippen LogP contribution in [-0.2, 0) is 11.3 Å². The predicted molar refractivity (Wildman–Crippen MR) is 85.3 cm³/mol. The van der Waals surface area contributed by atoms with Gasteiger partial charge in [0.2, 0.25) is 0 Å². The largest absolute Gasteiger partial charge is 0.379 e. The number of morpholine rings is 1. The minimum Gasteiger partial charge on any atom is -0.379 e. The Bertz CT molecular complexity index is 523. The standard InChI is InChI=1S/C16H23N3O3/c20-19(21)16-12-14(13-17-8-10-22-11-9-17)4-5-15(16)18-6-2-1-3-7-18/h4-5,12H,1-3,6-11,13H2. The first-order valence-corrected chi connectivity index (χ1v) is 8.06. The molecule has 0 atom stereocenters. The zero-order valence-electron chi connectivity index (χ0n) is 12.9. The number of hydrogen-bond donors (Lipinski definition) is 0. The molecule has 0 amide bonds. The fourth-order valence-corrected chi connectivity index (χ4v) is 3.23. The van der Waals surface area contributed by atoms with Crippen LogP contribution in [0.1, 0.15) is 24.8 Å². The third-order valence-corrected chi connectivity index (χ3v) is 4.44. The summed E-state index contributed by atoms with van der Waals surface area (Å²) in [4.78, 5) is 15.6. The van der Waals surface area contributed by atoms with E-state index in [2.05, 4.69) is 9.80 Å². The van der Waals surface area contributed by atoms with E-state index in [0.29, 0.717) is 0 Å². The number of nitro groups is 1. The van der Waals surface area contributed by atoms with Crippen molar-refractivity contribution in [3.05, 3.63) is 33.9 Å². The Morgan fingerprint density at radius 2 is 1.82 bits per heavy atom. The van der Waals surface area contributed by atoms with Crippen molar-refractivity contribution in [1.29, 1.82) is 0 Å². The van der Waals surface area contributed by atoms with Gasteiger partial charge >= 0.3 is 0 Å². The van der Waals surface area contributed by atoms with Crippen LogP contribution in [0.5, 0.6) is 0 Å². The summed E-state index contributed by atoms with van der Waals surface area (Å²) in [6.07, 6.45) is 3.46. The van der Waals surface area contributed by atoms with Crippen molar-refractivity contribution in [2.24, 2.45) is 0 Å². The van der Waals surface area contributed by atoms with E-state index in [1.54, 1.807) is 6.07 Å². The summed E-state index contributed by atoms with van der Waals surface area (Å²) in [6, 6.07) is 5.71. The number of nitrogens with zero attached hydrogens (tertiary/aromatic N) is 3. The lowest BCUT2D eigenvalue weighted by atomic mass is 10.1. The number of anilines is 1. The highest BCUT2D eigenvalue weighted by atomic mass is 16.6. The molecule has 1 aromatic rings. The molecule has 2 heterocycles. The molecule has 120 valence electrons. The van der Waals surface area contributed by atoms with E-state index in [1.165, 1.54) is 6.42 Å². The molecule has 2 fully saturated rings. The van der Waals surface area contributed by atoms with Crippen LogP contribution in [0, 0.1) is 10.1 Å². The van der Waals surface area contributed by atoms with Crippen molar-refractivity contribution in [2.75, 3.05) is 44.3 Å². The molecule has 0 N–H and O–H groups in total. The van der Waals surface area contributed by atoms with Gasteiger partial charge in [-0.15, -0.1) is 0 Å². The van der Waals surface area contributed by atoms with Crippen LogP contribution in [0.15, 0.2) is 18.2 Å². The Balaban J connectivity index is 1.78. The molecule has 22 heavy (non-hydrogen) atoms. The molecule has 0 unspecified atom stereocenters. The second kappa shape index (κ2) is 7.07. The molecule has 1 aromatic carbocycles. The third-order valence-electron chi connectivity index (χ3n) is 4.44. The molecule has 2 saturated heterocycles. The van der Waals surface area contributed by atoms with E-state index in [0.717, 1.165) is 70.0 Å². The maximum atomic E-state index is 11.5. The molecule has 0 bridgehead atoms. The van der Waals surface area contributed by atoms with Crippen molar-refractivity contribution in [3.63, 3.8) is 0 Å². The van der Waals surface area contributed by atoms with E-state index in [4.69, 9.17) is 4.74 Å². The summed E-state index contributed by atoms with van der Waals surface area (Å²) in [5.74, 6) is 0. The van der Waals surface area contributed by atoms with Crippen LogP contribution in [0.2, 0.25) is 0 Å². The van der Waals surface area contributed by atoms with Crippen molar-refractivity contribution < 1.29 is 9.66 Å². The first-order chi connectivity index (χ1) is 10.7. The lowest BCUT2D eigenvalue weighted by Gasteiger charge is -2.29. The van der Waals surface area contributed by atoms with Gasteiger partial charge in [0.15, 0.2) is 0 Å². The number of hydrogen-bond acceptors (Lipinski definition) is 5. The minimum absolute atomic E-state index is 0.243.